The summed E-state index contributed by atoms with van der Waals surface area (Å²) in [6.07, 6.45) is 8.55. The van der Waals surface area contributed by atoms with E-state index in [0.29, 0.717) is 17.5 Å². The average molecular weight is 716 g/mol. The lowest BCUT2D eigenvalue weighted by Crippen LogP contribution is -2.25. The van der Waals surface area contributed by atoms with Crippen molar-refractivity contribution >= 4 is 27.5 Å². The van der Waals surface area contributed by atoms with Gasteiger partial charge in [-0.2, -0.15) is 0 Å². The van der Waals surface area contributed by atoms with Crippen LogP contribution in [-0.4, -0.2) is 15.0 Å². The van der Waals surface area contributed by atoms with Crippen LogP contribution >= 0.6 is 0 Å². The molecule has 4 heteroatoms. The first-order valence-corrected chi connectivity index (χ1v) is 19.3. The van der Waals surface area contributed by atoms with Gasteiger partial charge in [0, 0.05) is 33.0 Å². The second kappa shape index (κ2) is 11.9. The van der Waals surface area contributed by atoms with Crippen LogP contribution in [0.4, 0.5) is 0 Å². The van der Waals surface area contributed by atoms with Crippen molar-refractivity contribution in [2.45, 2.75) is 18.3 Å². The molecular formula is C52H33N3O. The van der Waals surface area contributed by atoms with E-state index in [4.69, 9.17) is 19.4 Å². The van der Waals surface area contributed by atoms with E-state index in [9.17, 15) is 0 Å². The summed E-state index contributed by atoms with van der Waals surface area (Å²) in [5, 5.41) is 2.27. The molecule has 4 nitrogen and oxygen atoms in total. The van der Waals surface area contributed by atoms with Gasteiger partial charge in [-0.15, -0.1) is 0 Å². The molecule has 0 saturated heterocycles. The Bertz CT molecular complexity index is 3100. The first kappa shape index (κ1) is 31.2. The average Bonchev–Trinajstić information content (AvgIpc) is 3.91. The first-order valence-electron chi connectivity index (χ1n) is 19.3. The van der Waals surface area contributed by atoms with Gasteiger partial charge in [-0.05, 0) is 81.1 Å². The topological polar surface area (TPSA) is 51.8 Å². The molecule has 262 valence electrons. The van der Waals surface area contributed by atoms with Crippen LogP contribution in [0.2, 0.25) is 0 Å². The van der Waals surface area contributed by atoms with E-state index in [0.717, 1.165) is 62.6 Å². The van der Waals surface area contributed by atoms with Crippen molar-refractivity contribution in [1.82, 2.24) is 15.0 Å². The molecule has 0 atom stereocenters. The monoisotopic (exact) mass is 715 g/mol. The maximum atomic E-state index is 6.83. The van der Waals surface area contributed by atoms with Crippen molar-refractivity contribution in [3.8, 4) is 56.2 Å². The first-order chi connectivity index (χ1) is 27.8. The number of allylic oxidation sites excluding steroid dienone is 4. The highest BCUT2D eigenvalue weighted by atomic mass is 16.3. The minimum atomic E-state index is -0.469. The number of hydrogen-bond donors (Lipinski definition) is 0. The third-order valence-corrected chi connectivity index (χ3v) is 12.0. The molecule has 0 unspecified atom stereocenters. The Labute approximate surface area is 324 Å². The Morgan fingerprint density at radius 1 is 0.446 bits per heavy atom. The Kier molecular flexibility index (Phi) is 6.64. The second-order valence-electron chi connectivity index (χ2n) is 15.0. The molecule has 2 aromatic heterocycles. The highest BCUT2D eigenvalue weighted by Crippen LogP contribution is 2.64. The van der Waals surface area contributed by atoms with E-state index < -0.39 is 5.41 Å². The third-order valence-electron chi connectivity index (χ3n) is 12.0. The lowest BCUT2D eigenvalue weighted by molar-refractivity contribution is 0.669. The van der Waals surface area contributed by atoms with Gasteiger partial charge in [-0.1, -0.05) is 158 Å². The summed E-state index contributed by atoms with van der Waals surface area (Å²) < 4.78 is 6.83. The van der Waals surface area contributed by atoms with Crippen LogP contribution in [0.3, 0.4) is 0 Å². The smallest absolute Gasteiger partial charge is 0.164 e. The minimum Gasteiger partial charge on any atom is -0.455 e. The van der Waals surface area contributed by atoms with Gasteiger partial charge < -0.3 is 4.42 Å². The van der Waals surface area contributed by atoms with E-state index in [1.807, 2.05) is 18.2 Å². The van der Waals surface area contributed by atoms with Crippen molar-refractivity contribution in [1.29, 1.82) is 0 Å². The fourth-order valence-corrected chi connectivity index (χ4v) is 9.55. The summed E-state index contributed by atoms with van der Waals surface area (Å²) >= 11 is 0. The summed E-state index contributed by atoms with van der Waals surface area (Å²) in [6, 6.07) is 56.7. The molecule has 0 amide bonds. The number of rotatable bonds is 4. The predicted octanol–water partition coefficient (Wildman–Crippen LogP) is 12.8. The summed E-state index contributed by atoms with van der Waals surface area (Å²) in [7, 11) is 0. The lowest BCUT2D eigenvalue weighted by atomic mass is 9.70. The number of para-hydroxylation sites is 1. The number of fused-ring (bicyclic) bond motifs is 14. The van der Waals surface area contributed by atoms with Gasteiger partial charge in [0.05, 0.1) is 5.41 Å². The molecule has 0 fully saturated rings. The molecule has 9 aromatic rings. The molecule has 0 saturated carbocycles. The zero-order valence-corrected chi connectivity index (χ0v) is 30.4. The highest BCUT2D eigenvalue weighted by molar-refractivity contribution is 6.13. The number of aromatic nitrogens is 3. The Morgan fingerprint density at radius 3 is 1.89 bits per heavy atom. The Morgan fingerprint density at radius 2 is 1.09 bits per heavy atom. The Balaban J connectivity index is 1.07. The quantitative estimate of drug-likeness (QED) is 0.182. The molecular weight excluding hydrogens is 683 g/mol. The molecule has 56 heavy (non-hydrogen) atoms. The Hall–Kier alpha value is -7.17. The highest BCUT2D eigenvalue weighted by Gasteiger charge is 2.52. The predicted molar refractivity (Wildman–Crippen MR) is 226 cm³/mol. The van der Waals surface area contributed by atoms with Crippen molar-refractivity contribution in [3.05, 3.63) is 204 Å². The van der Waals surface area contributed by atoms with Crippen LogP contribution in [0.5, 0.6) is 0 Å². The van der Waals surface area contributed by atoms with Gasteiger partial charge in [0.1, 0.15) is 11.2 Å². The molecule has 7 aromatic carbocycles. The van der Waals surface area contributed by atoms with Gasteiger partial charge in [-0.3, -0.25) is 0 Å². The maximum Gasteiger partial charge on any atom is 0.164 e. The van der Waals surface area contributed by atoms with Gasteiger partial charge in [0.25, 0.3) is 0 Å². The maximum absolute atomic E-state index is 6.83. The third kappa shape index (κ3) is 4.38. The standard InChI is InChI=1S/C52H33N3O/c1-3-14-32(15-4-1)49-53-50(33-16-5-2-6-17-33)55-51(54-49)36-19-13-18-34(30-36)35-26-28-44-41(31-35)47-45(29-27-40-39-22-9-12-25-46(39)56-48(40)47)52(44)42-23-10-7-20-37(42)38-21-8-11-24-43(38)52/h1,3-5,7-31H,2,6H2. The fraction of sp³-hybridized carbons (Fsp3) is 0.0577. The van der Waals surface area contributed by atoms with E-state index in [2.05, 4.69) is 158 Å². The molecule has 0 radical (unpaired) electrons. The number of benzene rings is 7. The number of nitrogens with zero attached hydrogens (tertiary/aromatic N) is 3. The second-order valence-corrected chi connectivity index (χ2v) is 15.0. The van der Waals surface area contributed by atoms with Crippen molar-refractivity contribution in [2.24, 2.45) is 0 Å². The molecule has 12 rings (SSSR count). The van der Waals surface area contributed by atoms with E-state index in [-0.39, 0.29) is 0 Å². The molecule has 1 spiro atoms. The van der Waals surface area contributed by atoms with Gasteiger partial charge in [0.2, 0.25) is 0 Å². The zero-order valence-electron chi connectivity index (χ0n) is 30.4. The molecule has 0 bridgehead atoms. The summed E-state index contributed by atoms with van der Waals surface area (Å²) in [6.45, 7) is 0. The summed E-state index contributed by atoms with van der Waals surface area (Å²) in [5.41, 5.74) is 16.6. The van der Waals surface area contributed by atoms with E-state index >= 15 is 0 Å². The molecule has 0 aliphatic heterocycles. The van der Waals surface area contributed by atoms with Crippen LogP contribution in [0.25, 0.3) is 83.7 Å². The molecule has 3 aliphatic carbocycles. The minimum absolute atomic E-state index is 0.469. The van der Waals surface area contributed by atoms with Crippen LogP contribution in [0.15, 0.2) is 180 Å². The van der Waals surface area contributed by atoms with Gasteiger partial charge in [-0.25, -0.2) is 15.0 Å². The van der Waals surface area contributed by atoms with Gasteiger partial charge >= 0.3 is 0 Å². The van der Waals surface area contributed by atoms with Crippen LogP contribution in [-0.2, 0) is 5.41 Å². The molecule has 2 heterocycles. The van der Waals surface area contributed by atoms with Crippen molar-refractivity contribution in [2.75, 3.05) is 0 Å². The summed E-state index contributed by atoms with van der Waals surface area (Å²) in [4.78, 5) is 15.1. The van der Waals surface area contributed by atoms with Crippen molar-refractivity contribution < 1.29 is 4.42 Å². The number of hydrogen-bond acceptors (Lipinski definition) is 4. The fourth-order valence-electron chi connectivity index (χ4n) is 9.55. The SMILES string of the molecule is C1=CC(c2nc(-c3ccccc3)nc(-c3cccc(-c4ccc5c(c4)-c4c(ccc6c4oc4ccccc46)C54c5ccccc5-c5ccccc54)c3)n2)=CCC1. The largest absolute Gasteiger partial charge is 0.455 e. The van der Waals surface area contributed by atoms with Crippen LogP contribution in [0, 0.1) is 0 Å². The molecule has 3 aliphatic rings. The van der Waals surface area contributed by atoms with E-state index in [1.54, 1.807) is 0 Å². The lowest BCUT2D eigenvalue weighted by Gasteiger charge is -2.30. The van der Waals surface area contributed by atoms with Crippen LogP contribution in [0.1, 0.15) is 40.9 Å². The van der Waals surface area contributed by atoms with E-state index in [1.165, 1.54) is 44.5 Å². The number of furan rings is 1. The van der Waals surface area contributed by atoms with Gasteiger partial charge in [0.15, 0.2) is 17.5 Å². The molecule has 0 N–H and O–H groups in total. The van der Waals surface area contributed by atoms with Crippen molar-refractivity contribution in [3.63, 3.8) is 0 Å². The zero-order chi connectivity index (χ0) is 36.8. The normalized spacial score (nSPS) is 14.5. The van der Waals surface area contributed by atoms with Crippen LogP contribution < -0.4 is 0 Å². The summed E-state index contributed by atoms with van der Waals surface area (Å²) in [5.74, 6) is 2.02.